The van der Waals surface area contributed by atoms with Crippen LogP contribution in [0.25, 0.3) is 0 Å². The summed E-state index contributed by atoms with van der Waals surface area (Å²) in [6, 6.07) is 5.78. The Bertz CT molecular complexity index is 322. The van der Waals surface area contributed by atoms with Gasteiger partial charge >= 0.3 is 7.60 Å². The number of nitrogen functional groups attached to an aromatic ring is 1. The van der Waals surface area contributed by atoms with Gasteiger partial charge < -0.3 is 15.2 Å². The SMILES string of the molecule is NNc1cccc(P(=O)(O)O)c1. The summed E-state index contributed by atoms with van der Waals surface area (Å²) in [4.78, 5) is 17.5. The number of anilines is 1. The topological polar surface area (TPSA) is 95.6 Å². The van der Waals surface area contributed by atoms with Gasteiger partial charge in [-0.25, -0.2) is 0 Å². The van der Waals surface area contributed by atoms with Crippen LogP contribution >= 0.6 is 7.60 Å². The minimum Gasteiger partial charge on any atom is -0.324 e. The predicted octanol–water partition coefficient (Wildman–Crippen LogP) is -0.225. The van der Waals surface area contributed by atoms with Crippen LogP contribution < -0.4 is 16.6 Å². The number of nitrogens with two attached hydrogens (primary N) is 1. The molecule has 0 amide bonds. The van der Waals surface area contributed by atoms with Crippen LogP contribution in [0.2, 0.25) is 0 Å². The highest BCUT2D eigenvalue weighted by Crippen LogP contribution is 2.33. The van der Waals surface area contributed by atoms with Gasteiger partial charge in [-0.1, -0.05) is 6.07 Å². The predicted molar refractivity (Wildman–Crippen MR) is 45.9 cm³/mol. The lowest BCUT2D eigenvalue weighted by Gasteiger charge is -2.05. The Morgan fingerprint density at radius 2 is 2.08 bits per heavy atom. The Morgan fingerprint density at radius 1 is 1.42 bits per heavy atom. The van der Waals surface area contributed by atoms with E-state index in [0.29, 0.717) is 5.69 Å². The average molecular weight is 188 g/mol. The van der Waals surface area contributed by atoms with Crippen molar-refractivity contribution in [3.8, 4) is 0 Å². The number of rotatable bonds is 2. The molecule has 0 radical (unpaired) electrons. The zero-order valence-corrected chi connectivity index (χ0v) is 7.03. The smallest absolute Gasteiger partial charge is 0.324 e. The largest absolute Gasteiger partial charge is 0.356 e. The minimum atomic E-state index is -4.15. The molecule has 0 saturated carbocycles. The molecule has 0 atom stereocenters. The Kier molecular flexibility index (Phi) is 2.49. The molecule has 0 aliphatic carbocycles. The molecule has 0 bridgehead atoms. The van der Waals surface area contributed by atoms with Gasteiger partial charge in [0.05, 0.1) is 5.30 Å². The van der Waals surface area contributed by atoms with E-state index in [4.69, 9.17) is 15.6 Å². The molecule has 0 heterocycles. The van der Waals surface area contributed by atoms with E-state index in [-0.39, 0.29) is 5.30 Å². The molecule has 1 aromatic carbocycles. The van der Waals surface area contributed by atoms with Crippen molar-refractivity contribution in [2.45, 2.75) is 0 Å². The van der Waals surface area contributed by atoms with Crippen LogP contribution in [0.3, 0.4) is 0 Å². The third-order valence-electron chi connectivity index (χ3n) is 1.35. The van der Waals surface area contributed by atoms with Gasteiger partial charge in [0.2, 0.25) is 0 Å². The van der Waals surface area contributed by atoms with Crippen LogP contribution in [0.15, 0.2) is 24.3 Å². The summed E-state index contributed by atoms with van der Waals surface area (Å²) >= 11 is 0. The first-order chi connectivity index (χ1) is 5.54. The summed E-state index contributed by atoms with van der Waals surface area (Å²) in [5, 5.41) is -0.0436. The summed E-state index contributed by atoms with van der Waals surface area (Å²) in [6.45, 7) is 0. The van der Waals surface area contributed by atoms with Crippen LogP contribution in [-0.2, 0) is 4.57 Å². The molecule has 0 aliphatic heterocycles. The Labute approximate surface area is 69.3 Å². The molecule has 12 heavy (non-hydrogen) atoms. The Morgan fingerprint density at radius 3 is 2.58 bits per heavy atom. The van der Waals surface area contributed by atoms with E-state index in [1.54, 1.807) is 6.07 Å². The molecule has 0 unspecified atom stereocenters. The van der Waals surface area contributed by atoms with E-state index in [1.807, 2.05) is 0 Å². The molecule has 66 valence electrons. The van der Waals surface area contributed by atoms with Gasteiger partial charge in [-0.3, -0.25) is 10.4 Å². The third-order valence-corrected chi connectivity index (χ3v) is 2.30. The normalized spacial score (nSPS) is 11.2. The first-order valence-electron chi connectivity index (χ1n) is 3.17. The highest BCUT2D eigenvalue weighted by molar-refractivity contribution is 7.60. The van der Waals surface area contributed by atoms with Crippen molar-refractivity contribution < 1.29 is 14.4 Å². The van der Waals surface area contributed by atoms with E-state index in [0.717, 1.165) is 0 Å². The number of hydrazine groups is 1. The quantitative estimate of drug-likeness (QED) is 0.292. The standard InChI is InChI=1S/C6H9N2O3P/c7-8-5-2-1-3-6(4-5)12(9,10)11/h1-4,8H,7H2,(H2,9,10,11). The van der Waals surface area contributed by atoms with Gasteiger partial charge in [0.1, 0.15) is 0 Å². The van der Waals surface area contributed by atoms with Crippen molar-refractivity contribution in [1.82, 2.24) is 0 Å². The first-order valence-corrected chi connectivity index (χ1v) is 4.78. The van der Waals surface area contributed by atoms with Gasteiger partial charge in [-0.2, -0.15) is 0 Å². The molecule has 0 saturated heterocycles. The third kappa shape index (κ3) is 2.06. The second-order valence-corrected chi connectivity index (χ2v) is 3.84. The van der Waals surface area contributed by atoms with Crippen LogP contribution in [0.5, 0.6) is 0 Å². The van der Waals surface area contributed by atoms with E-state index < -0.39 is 7.60 Å². The molecule has 0 aromatic heterocycles. The molecule has 1 rings (SSSR count). The van der Waals surface area contributed by atoms with E-state index in [9.17, 15) is 4.57 Å². The van der Waals surface area contributed by atoms with Crippen LogP contribution in [0.4, 0.5) is 5.69 Å². The lowest BCUT2D eigenvalue weighted by atomic mass is 10.3. The van der Waals surface area contributed by atoms with Crippen molar-refractivity contribution >= 4 is 18.6 Å². The maximum atomic E-state index is 10.7. The molecular formula is C6H9N2O3P. The summed E-state index contributed by atoms with van der Waals surface area (Å²) in [6.07, 6.45) is 0. The van der Waals surface area contributed by atoms with Gasteiger partial charge in [-0.15, -0.1) is 0 Å². The van der Waals surface area contributed by atoms with Crippen LogP contribution in [-0.4, -0.2) is 9.79 Å². The molecule has 0 aliphatic rings. The maximum Gasteiger partial charge on any atom is 0.356 e. The van der Waals surface area contributed by atoms with Gasteiger partial charge in [0, 0.05) is 5.69 Å². The molecular weight excluding hydrogens is 179 g/mol. The first kappa shape index (κ1) is 9.22. The van der Waals surface area contributed by atoms with Gasteiger partial charge in [-0.05, 0) is 18.2 Å². The molecule has 1 aromatic rings. The van der Waals surface area contributed by atoms with Gasteiger partial charge in [0.15, 0.2) is 0 Å². The highest BCUT2D eigenvalue weighted by atomic mass is 31.2. The average Bonchev–Trinajstić information content (AvgIpc) is 2.03. The fourth-order valence-corrected chi connectivity index (χ4v) is 1.36. The maximum absolute atomic E-state index is 10.7. The van der Waals surface area contributed by atoms with Crippen LogP contribution in [0, 0.1) is 0 Å². The van der Waals surface area contributed by atoms with E-state index in [1.165, 1.54) is 18.2 Å². The van der Waals surface area contributed by atoms with Crippen molar-refractivity contribution in [1.29, 1.82) is 0 Å². The summed E-state index contributed by atoms with van der Waals surface area (Å²) < 4.78 is 10.7. The Hall–Kier alpha value is -0.870. The fraction of sp³-hybridized carbons (Fsp3) is 0. The summed E-state index contributed by atoms with van der Waals surface area (Å²) in [7, 11) is -4.15. The zero-order valence-electron chi connectivity index (χ0n) is 6.14. The molecule has 0 spiro atoms. The molecule has 6 heteroatoms. The zero-order chi connectivity index (χ0) is 9.19. The van der Waals surface area contributed by atoms with Crippen molar-refractivity contribution in [2.75, 3.05) is 5.43 Å². The fourth-order valence-electron chi connectivity index (χ4n) is 0.777. The summed E-state index contributed by atoms with van der Waals surface area (Å²) in [5.74, 6) is 5.06. The second kappa shape index (κ2) is 3.25. The second-order valence-electron chi connectivity index (χ2n) is 2.24. The van der Waals surface area contributed by atoms with Crippen molar-refractivity contribution in [3.63, 3.8) is 0 Å². The van der Waals surface area contributed by atoms with Gasteiger partial charge in [0.25, 0.3) is 0 Å². The van der Waals surface area contributed by atoms with Crippen molar-refractivity contribution in [3.05, 3.63) is 24.3 Å². The molecule has 0 fully saturated rings. The van der Waals surface area contributed by atoms with E-state index in [2.05, 4.69) is 5.43 Å². The number of hydrogen-bond acceptors (Lipinski definition) is 3. The summed E-state index contributed by atoms with van der Waals surface area (Å²) in [5.41, 5.74) is 2.76. The molecule has 5 nitrogen and oxygen atoms in total. The lowest BCUT2D eigenvalue weighted by molar-refractivity contribution is 0.387. The van der Waals surface area contributed by atoms with E-state index >= 15 is 0 Å². The van der Waals surface area contributed by atoms with Crippen LogP contribution in [0.1, 0.15) is 0 Å². The van der Waals surface area contributed by atoms with Crippen molar-refractivity contribution in [2.24, 2.45) is 5.84 Å². The minimum absolute atomic E-state index is 0.0436. The Balaban J connectivity index is 3.11. The monoisotopic (exact) mass is 188 g/mol. The number of benzene rings is 1. The number of nitrogens with one attached hydrogen (secondary N) is 1. The number of hydrogen-bond donors (Lipinski definition) is 4. The lowest BCUT2D eigenvalue weighted by Crippen LogP contribution is -2.10. The molecule has 5 N–H and O–H groups in total. The highest BCUT2D eigenvalue weighted by Gasteiger charge is 2.16.